The van der Waals surface area contributed by atoms with E-state index in [1.165, 1.54) is 5.56 Å². The average Bonchev–Trinajstić information content (AvgIpc) is 3.40. The number of halogens is 1. The Morgan fingerprint density at radius 1 is 0.906 bits per heavy atom. The van der Waals surface area contributed by atoms with Crippen LogP contribution < -0.4 is 10.1 Å². The fourth-order valence-corrected chi connectivity index (χ4v) is 3.65. The Balaban J connectivity index is 1.21. The lowest BCUT2D eigenvalue weighted by atomic mass is 10.1. The Morgan fingerprint density at radius 3 is 2.34 bits per heavy atom. The molecule has 0 saturated heterocycles. The van der Waals surface area contributed by atoms with E-state index in [0.717, 1.165) is 51.9 Å². The van der Waals surface area contributed by atoms with Gasteiger partial charge in [-0.2, -0.15) is 5.10 Å². The van der Waals surface area contributed by atoms with Gasteiger partial charge < -0.3 is 15.0 Å². The van der Waals surface area contributed by atoms with E-state index >= 15 is 0 Å². The van der Waals surface area contributed by atoms with Crippen LogP contribution in [0.3, 0.4) is 0 Å². The molecule has 3 aromatic carbocycles. The number of fused-ring (bicyclic) bond motifs is 1. The molecule has 0 unspecified atom stereocenters. The van der Waals surface area contributed by atoms with Crippen LogP contribution in [0.2, 0.25) is 5.02 Å². The van der Waals surface area contributed by atoms with Crippen molar-refractivity contribution in [2.75, 3.05) is 5.32 Å². The van der Waals surface area contributed by atoms with E-state index in [-0.39, 0.29) is 0 Å². The van der Waals surface area contributed by atoms with Gasteiger partial charge in [-0.25, -0.2) is 4.98 Å². The zero-order chi connectivity index (χ0) is 21.9. The van der Waals surface area contributed by atoms with Crippen LogP contribution in [0.5, 0.6) is 11.5 Å². The summed E-state index contributed by atoms with van der Waals surface area (Å²) >= 11 is 5.91. The molecule has 2 heterocycles. The minimum absolute atomic E-state index is 0.653. The van der Waals surface area contributed by atoms with Gasteiger partial charge in [-0.1, -0.05) is 29.8 Å². The maximum Gasteiger partial charge on any atom is 0.201 e. The van der Waals surface area contributed by atoms with Gasteiger partial charge in [-0.15, -0.1) is 0 Å². The van der Waals surface area contributed by atoms with Crippen LogP contribution in [0.4, 0.5) is 5.95 Å². The highest BCUT2D eigenvalue weighted by molar-refractivity contribution is 6.30. The standard InChI is InChI=1S/C25H22ClN5O/c1-16-12-20(31-30-16)13-18-4-11-23-24(14-18)29-25(28-23)27-15-17-2-7-21(8-3-17)32-22-9-5-19(26)6-10-22/h2-12,14H,13,15H2,1H3,(H,30,31)(H2,27,28,29). The number of aromatic amines is 2. The highest BCUT2D eigenvalue weighted by Crippen LogP contribution is 2.24. The van der Waals surface area contributed by atoms with Crippen LogP contribution in [0.15, 0.2) is 72.8 Å². The van der Waals surface area contributed by atoms with E-state index in [4.69, 9.17) is 16.3 Å². The molecular formula is C25H22ClN5O. The van der Waals surface area contributed by atoms with Crippen molar-refractivity contribution >= 4 is 28.6 Å². The molecule has 0 bridgehead atoms. The summed E-state index contributed by atoms with van der Waals surface area (Å²) in [5.41, 5.74) is 6.35. The molecule has 32 heavy (non-hydrogen) atoms. The maximum atomic E-state index is 5.91. The van der Waals surface area contributed by atoms with Crippen LogP contribution in [0.1, 0.15) is 22.5 Å². The molecule has 5 aromatic rings. The summed E-state index contributed by atoms with van der Waals surface area (Å²) in [4.78, 5) is 8.00. The van der Waals surface area contributed by atoms with Gasteiger partial charge >= 0.3 is 0 Å². The molecule has 0 saturated carbocycles. The third kappa shape index (κ3) is 4.76. The Morgan fingerprint density at radius 2 is 1.62 bits per heavy atom. The number of nitrogens with zero attached hydrogens (tertiary/aromatic N) is 2. The maximum absolute atomic E-state index is 5.91. The van der Waals surface area contributed by atoms with Gasteiger partial charge in [0.05, 0.1) is 16.7 Å². The molecule has 5 rings (SSSR count). The van der Waals surface area contributed by atoms with Crippen molar-refractivity contribution in [2.24, 2.45) is 0 Å². The summed E-state index contributed by atoms with van der Waals surface area (Å²) in [6, 6.07) is 23.6. The van der Waals surface area contributed by atoms with E-state index in [1.807, 2.05) is 61.5 Å². The summed E-state index contributed by atoms with van der Waals surface area (Å²) in [6.07, 6.45) is 0.784. The number of nitrogens with one attached hydrogen (secondary N) is 3. The highest BCUT2D eigenvalue weighted by atomic mass is 35.5. The summed E-state index contributed by atoms with van der Waals surface area (Å²) in [5.74, 6) is 2.28. The fraction of sp³-hybridized carbons (Fsp3) is 0.120. The second-order valence-corrected chi connectivity index (χ2v) is 8.15. The van der Waals surface area contributed by atoms with Gasteiger partial charge in [0.2, 0.25) is 5.95 Å². The van der Waals surface area contributed by atoms with E-state index < -0.39 is 0 Å². The number of rotatable bonds is 7. The molecule has 0 atom stereocenters. The Labute approximate surface area is 190 Å². The van der Waals surface area contributed by atoms with Crippen molar-refractivity contribution in [3.63, 3.8) is 0 Å². The summed E-state index contributed by atoms with van der Waals surface area (Å²) < 4.78 is 5.84. The number of imidazole rings is 1. The minimum Gasteiger partial charge on any atom is -0.457 e. The van der Waals surface area contributed by atoms with Crippen LogP contribution >= 0.6 is 11.6 Å². The van der Waals surface area contributed by atoms with Crippen molar-refractivity contribution in [1.82, 2.24) is 20.2 Å². The molecule has 7 heteroatoms. The number of aromatic nitrogens is 4. The van der Waals surface area contributed by atoms with Gasteiger partial charge in [-0.3, -0.25) is 5.10 Å². The predicted molar refractivity (Wildman–Crippen MR) is 128 cm³/mol. The van der Waals surface area contributed by atoms with Crippen LogP contribution in [-0.2, 0) is 13.0 Å². The van der Waals surface area contributed by atoms with Gasteiger partial charge in [0.25, 0.3) is 0 Å². The minimum atomic E-state index is 0.653. The van der Waals surface area contributed by atoms with E-state index in [9.17, 15) is 0 Å². The second kappa shape index (κ2) is 8.77. The Kier molecular flexibility index (Phi) is 5.52. The molecule has 0 aliphatic rings. The molecule has 2 aromatic heterocycles. The predicted octanol–water partition coefficient (Wildman–Crippen LogP) is 6.24. The number of benzene rings is 3. The van der Waals surface area contributed by atoms with Crippen LogP contribution in [0.25, 0.3) is 11.0 Å². The van der Waals surface area contributed by atoms with E-state index in [0.29, 0.717) is 11.6 Å². The Bertz CT molecular complexity index is 1340. The molecular weight excluding hydrogens is 422 g/mol. The second-order valence-electron chi connectivity index (χ2n) is 7.71. The zero-order valence-electron chi connectivity index (χ0n) is 17.5. The molecule has 0 amide bonds. The van der Waals surface area contributed by atoms with Crippen molar-refractivity contribution < 1.29 is 4.74 Å². The number of H-pyrrole nitrogens is 2. The van der Waals surface area contributed by atoms with Gasteiger partial charge in [-0.05, 0) is 72.6 Å². The quantitative estimate of drug-likeness (QED) is 0.278. The van der Waals surface area contributed by atoms with Crippen LogP contribution in [-0.4, -0.2) is 20.2 Å². The lowest BCUT2D eigenvalue weighted by Crippen LogP contribution is -2.00. The van der Waals surface area contributed by atoms with Crippen molar-refractivity contribution in [2.45, 2.75) is 19.9 Å². The summed E-state index contributed by atoms with van der Waals surface area (Å²) in [6.45, 7) is 2.66. The molecule has 0 spiro atoms. The highest BCUT2D eigenvalue weighted by Gasteiger charge is 2.06. The average molecular weight is 444 g/mol. The Hall–Kier alpha value is -3.77. The van der Waals surface area contributed by atoms with Crippen LogP contribution in [0, 0.1) is 6.92 Å². The van der Waals surface area contributed by atoms with Crippen molar-refractivity contribution in [3.05, 3.63) is 100 Å². The van der Waals surface area contributed by atoms with E-state index in [2.05, 4.69) is 43.7 Å². The van der Waals surface area contributed by atoms with Gasteiger partial charge in [0.1, 0.15) is 11.5 Å². The smallest absolute Gasteiger partial charge is 0.201 e. The number of hydrogen-bond donors (Lipinski definition) is 3. The molecule has 0 aliphatic heterocycles. The topological polar surface area (TPSA) is 78.6 Å². The lowest BCUT2D eigenvalue weighted by molar-refractivity contribution is 0.482. The zero-order valence-corrected chi connectivity index (χ0v) is 18.3. The lowest BCUT2D eigenvalue weighted by Gasteiger charge is -2.07. The number of anilines is 1. The third-order valence-corrected chi connectivity index (χ3v) is 5.38. The molecule has 160 valence electrons. The summed E-state index contributed by atoms with van der Waals surface area (Å²) in [7, 11) is 0. The fourth-order valence-electron chi connectivity index (χ4n) is 3.52. The van der Waals surface area contributed by atoms with Crippen molar-refractivity contribution in [3.8, 4) is 11.5 Å². The summed E-state index contributed by atoms with van der Waals surface area (Å²) in [5, 5.41) is 11.3. The molecule has 3 N–H and O–H groups in total. The number of ether oxygens (including phenoxy) is 1. The normalized spacial score (nSPS) is 11.1. The van der Waals surface area contributed by atoms with Gasteiger partial charge in [0.15, 0.2) is 0 Å². The first-order chi connectivity index (χ1) is 15.6. The first-order valence-corrected chi connectivity index (χ1v) is 10.7. The first-order valence-electron chi connectivity index (χ1n) is 10.4. The van der Waals surface area contributed by atoms with Gasteiger partial charge in [0, 0.05) is 23.7 Å². The largest absolute Gasteiger partial charge is 0.457 e. The number of hydrogen-bond acceptors (Lipinski definition) is 4. The van der Waals surface area contributed by atoms with Crippen molar-refractivity contribution in [1.29, 1.82) is 0 Å². The number of aryl methyl sites for hydroxylation is 1. The first kappa shape index (κ1) is 20.2. The molecule has 0 radical (unpaired) electrons. The molecule has 6 nitrogen and oxygen atoms in total. The SMILES string of the molecule is Cc1cc(Cc2ccc3nc(NCc4ccc(Oc5ccc(Cl)cc5)cc4)[nH]c3c2)n[nH]1. The monoisotopic (exact) mass is 443 g/mol. The van der Waals surface area contributed by atoms with E-state index in [1.54, 1.807) is 0 Å². The third-order valence-electron chi connectivity index (χ3n) is 5.12. The molecule has 0 fully saturated rings. The molecule has 0 aliphatic carbocycles.